The molecule has 0 atom stereocenters. The van der Waals surface area contributed by atoms with Gasteiger partial charge in [0.25, 0.3) is 5.91 Å². The van der Waals surface area contributed by atoms with Crippen LogP contribution in [-0.4, -0.2) is 55.2 Å². The Morgan fingerprint density at radius 3 is 2.54 bits per heavy atom. The van der Waals surface area contributed by atoms with Crippen molar-refractivity contribution in [2.45, 2.75) is 0 Å². The summed E-state index contributed by atoms with van der Waals surface area (Å²) in [6.45, 7) is 4.96. The summed E-state index contributed by atoms with van der Waals surface area (Å²) in [4.78, 5) is 19.6. The fourth-order valence-corrected chi connectivity index (χ4v) is 4.07. The maximum absolute atomic E-state index is 12.4. The van der Waals surface area contributed by atoms with E-state index >= 15 is 0 Å². The molecule has 0 spiro atoms. The van der Waals surface area contributed by atoms with Gasteiger partial charge >= 0.3 is 0 Å². The van der Waals surface area contributed by atoms with E-state index < -0.39 is 0 Å². The molecule has 2 aromatic heterocycles. The van der Waals surface area contributed by atoms with Crippen LogP contribution in [-0.2, 0) is 4.74 Å². The first-order valence-electron chi connectivity index (χ1n) is 9.47. The van der Waals surface area contributed by atoms with E-state index in [1.165, 1.54) is 11.3 Å². The van der Waals surface area contributed by atoms with Gasteiger partial charge in [-0.15, -0.1) is 11.3 Å². The van der Waals surface area contributed by atoms with E-state index in [1.807, 2.05) is 29.8 Å². The molecule has 3 heterocycles. The molecule has 1 N–H and O–H groups in total. The Bertz CT molecular complexity index is 903. The molecule has 28 heavy (non-hydrogen) atoms. The number of hydrogen-bond acceptors (Lipinski definition) is 5. The van der Waals surface area contributed by atoms with Crippen LogP contribution in [0.1, 0.15) is 9.67 Å². The number of ether oxygens (including phenoxy) is 1. The van der Waals surface area contributed by atoms with Gasteiger partial charge in [0.05, 0.1) is 18.1 Å². The number of morpholine rings is 1. The lowest BCUT2D eigenvalue weighted by Crippen LogP contribution is -2.41. The summed E-state index contributed by atoms with van der Waals surface area (Å²) in [5, 5.41) is 5.06. The van der Waals surface area contributed by atoms with Gasteiger partial charge in [-0.05, 0) is 39.8 Å². The van der Waals surface area contributed by atoms with Crippen molar-refractivity contribution in [2.75, 3.05) is 39.4 Å². The number of nitrogens with zero attached hydrogens (tertiary/aromatic N) is 2. The maximum Gasteiger partial charge on any atom is 0.261 e. The second-order valence-electron chi connectivity index (χ2n) is 6.73. The number of pyridine rings is 1. The Kier molecular flexibility index (Phi) is 6.11. The summed E-state index contributed by atoms with van der Waals surface area (Å²) in [7, 11) is 0. The second-order valence-corrected chi connectivity index (χ2v) is 7.64. The van der Waals surface area contributed by atoms with Crippen molar-refractivity contribution < 1.29 is 9.53 Å². The third kappa shape index (κ3) is 4.65. The van der Waals surface area contributed by atoms with E-state index in [4.69, 9.17) is 4.74 Å². The normalized spacial score (nSPS) is 14.7. The molecule has 1 saturated heterocycles. The minimum absolute atomic E-state index is 0.00325. The standard InChI is InChI=1S/C22H23N3O2S/c26-22(24-8-9-25-10-12-27-13-11-25)21-14-20(16-28-21)18-5-3-17(4-6-18)19-2-1-7-23-15-19/h1-7,14-16H,8-13H2,(H,24,26). The van der Waals surface area contributed by atoms with E-state index in [-0.39, 0.29) is 5.91 Å². The molecule has 1 aliphatic heterocycles. The average Bonchev–Trinajstić information content (AvgIpc) is 3.26. The van der Waals surface area contributed by atoms with E-state index in [2.05, 4.69) is 39.5 Å². The SMILES string of the molecule is O=C(NCCN1CCOCC1)c1cc(-c2ccc(-c3cccnc3)cc2)cs1. The molecule has 144 valence electrons. The van der Waals surface area contributed by atoms with Crippen LogP contribution in [0.15, 0.2) is 60.2 Å². The predicted molar refractivity (Wildman–Crippen MR) is 113 cm³/mol. The Labute approximate surface area is 169 Å². The molecule has 3 aromatic rings. The largest absolute Gasteiger partial charge is 0.379 e. The van der Waals surface area contributed by atoms with Crippen molar-refractivity contribution in [2.24, 2.45) is 0 Å². The summed E-state index contributed by atoms with van der Waals surface area (Å²) in [5.74, 6) is -0.00325. The van der Waals surface area contributed by atoms with Crippen LogP contribution in [0.4, 0.5) is 0 Å². The molecule has 0 saturated carbocycles. The molecule has 0 aliphatic carbocycles. The maximum atomic E-state index is 12.4. The first-order chi connectivity index (χ1) is 13.8. The molecule has 1 amide bonds. The van der Waals surface area contributed by atoms with E-state index in [0.717, 1.165) is 60.0 Å². The zero-order chi connectivity index (χ0) is 19.2. The molecule has 1 aromatic carbocycles. The van der Waals surface area contributed by atoms with Crippen molar-refractivity contribution in [3.63, 3.8) is 0 Å². The van der Waals surface area contributed by atoms with Crippen molar-refractivity contribution >= 4 is 17.2 Å². The van der Waals surface area contributed by atoms with Gasteiger partial charge in [-0.1, -0.05) is 30.3 Å². The van der Waals surface area contributed by atoms with Gasteiger partial charge in [-0.2, -0.15) is 0 Å². The summed E-state index contributed by atoms with van der Waals surface area (Å²) in [6.07, 6.45) is 3.63. The van der Waals surface area contributed by atoms with Gasteiger partial charge in [-0.3, -0.25) is 14.7 Å². The van der Waals surface area contributed by atoms with Crippen molar-refractivity contribution in [1.29, 1.82) is 0 Å². The van der Waals surface area contributed by atoms with Crippen molar-refractivity contribution in [3.8, 4) is 22.3 Å². The molecule has 1 aliphatic rings. The highest BCUT2D eigenvalue weighted by atomic mass is 32.1. The molecular formula is C22H23N3O2S. The number of carbonyl (C=O) groups excluding carboxylic acids is 1. The minimum Gasteiger partial charge on any atom is -0.379 e. The number of thiophene rings is 1. The lowest BCUT2D eigenvalue weighted by atomic mass is 10.0. The molecule has 0 unspecified atom stereocenters. The molecule has 6 heteroatoms. The zero-order valence-electron chi connectivity index (χ0n) is 15.6. The van der Waals surface area contributed by atoms with Crippen LogP contribution >= 0.6 is 11.3 Å². The van der Waals surface area contributed by atoms with Gasteiger partial charge in [0.15, 0.2) is 0 Å². The highest BCUT2D eigenvalue weighted by Crippen LogP contribution is 2.28. The number of rotatable bonds is 6. The third-order valence-corrected chi connectivity index (χ3v) is 5.78. The van der Waals surface area contributed by atoms with Crippen LogP contribution < -0.4 is 5.32 Å². The molecule has 1 fully saturated rings. The smallest absolute Gasteiger partial charge is 0.261 e. The van der Waals surface area contributed by atoms with E-state index in [9.17, 15) is 4.79 Å². The highest BCUT2D eigenvalue weighted by Gasteiger charge is 2.13. The lowest BCUT2D eigenvalue weighted by molar-refractivity contribution is 0.0383. The Balaban J connectivity index is 1.35. The molecule has 4 rings (SSSR count). The van der Waals surface area contributed by atoms with Crippen LogP contribution in [0.5, 0.6) is 0 Å². The van der Waals surface area contributed by atoms with Crippen LogP contribution in [0.25, 0.3) is 22.3 Å². The Morgan fingerprint density at radius 2 is 1.82 bits per heavy atom. The van der Waals surface area contributed by atoms with Crippen molar-refractivity contribution in [1.82, 2.24) is 15.2 Å². The minimum atomic E-state index is -0.00325. The molecule has 0 bridgehead atoms. The molecule has 5 nitrogen and oxygen atoms in total. The van der Waals surface area contributed by atoms with Gasteiger partial charge in [0.2, 0.25) is 0 Å². The number of carbonyl (C=O) groups is 1. The Morgan fingerprint density at radius 1 is 1.07 bits per heavy atom. The van der Waals surface area contributed by atoms with Crippen LogP contribution in [0.2, 0.25) is 0 Å². The summed E-state index contributed by atoms with van der Waals surface area (Å²) < 4.78 is 5.34. The van der Waals surface area contributed by atoms with Crippen LogP contribution in [0.3, 0.4) is 0 Å². The fraction of sp³-hybridized carbons (Fsp3) is 0.273. The Hall–Kier alpha value is -2.54. The first kappa shape index (κ1) is 18.8. The zero-order valence-corrected chi connectivity index (χ0v) is 16.5. The number of aromatic nitrogens is 1. The van der Waals surface area contributed by atoms with E-state index in [0.29, 0.717) is 6.54 Å². The number of benzene rings is 1. The van der Waals surface area contributed by atoms with Gasteiger partial charge < -0.3 is 10.1 Å². The summed E-state index contributed by atoms with van der Waals surface area (Å²) >= 11 is 1.48. The quantitative estimate of drug-likeness (QED) is 0.696. The van der Waals surface area contributed by atoms with Crippen LogP contribution in [0, 0.1) is 0 Å². The number of nitrogens with one attached hydrogen (secondary N) is 1. The lowest BCUT2D eigenvalue weighted by Gasteiger charge is -2.26. The fourth-order valence-electron chi connectivity index (χ4n) is 3.23. The summed E-state index contributed by atoms with van der Waals surface area (Å²) in [5.41, 5.74) is 4.41. The number of amides is 1. The second kappa shape index (κ2) is 9.10. The average molecular weight is 394 g/mol. The summed E-state index contributed by atoms with van der Waals surface area (Å²) in [6, 6.07) is 14.3. The molecule has 0 radical (unpaired) electrons. The number of hydrogen-bond donors (Lipinski definition) is 1. The van der Waals surface area contributed by atoms with E-state index in [1.54, 1.807) is 6.20 Å². The van der Waals surface area contributed by atoms with Gasteiger partial charge in [0, 0.05) is 38.6 Å². The highest BCUT2D eigenvalue weighted by molar-refractivity contribution is 7.12. The monoisotopic (exact) mass is 393 g/mol. The van der Waals surface area contributed by atoms with Gasteiger partial charge in [-0.25, -0.2) is 0 Å². The predicted octanol–water partition coefficient (Wildman–Crippen LogP) is 3.54. The third-order valence-electron chi connectivity index (χ3n) is 4.85. The topological polar surface area (TPSA) is 54.5 Å². The molecular weight excluding hydrogens is 370 g/mol. The van der Waals surface area contributed by atoms with Crippen molar-refractivity contribution in [3.05, 3.63) is 65.1 Å². The van der Waals surface area contributed by atoms with Gasteiger partial charge in [0.1, 0.15) is 0 Å². The first-order valence-corrected chi connectivity index (χ1v) is 10.4.